The van der Waals surface area contributed by atoms with Gasteiger partial charge in [-0.15, -0.1) is 0 Å². The summed E-state index contributed by atoms with van der Waals surface area (Å²) in [5, 5.41) is 2.85. The number of sulfonamides is 1. The van der Waals surface area contributed by atoms with Crippen molar-refractivity contribution in [2.24, 2.45) is 0 Å². The number of rotatable bonds is 11. The van der Waals surface area contributed by atoms with Crippen molar-refractivity contribution in [1.82, 2.24) is 10.2 Å². The average Bonchev–Trinajstić information content (AvgIpc) is 2.92. The van der Waals surface area contributed by atoms with E-state index in [-0.39, 0.29) is 33.1 Å². The van der Waals surface area contributed by atoms with Crippen LogP contribution in [0.4, 0.5) is 5.69 Å². The zero-order valence-corrected chi connectivity index (χ0v) is 24.5. The third-order valence-corrected chi connectivity index (χ3v) is 8.70. The Kier molecular flexibility index (Phi) is 10.2. The second-order valence-electron chi connectivity index (χ2n) is 8.84. The summed E-state index contributed by atoms with van der Waals surface area (Å²) in [6, 6.07) is 17.0. The Bertz CT molecular complexity index is 1410. The van der Waals surface area contributed by atoms with Crippen LogP contribution in [0.3, 0.4) is 0 Å². The van der Waals surface area contributed by atoms with Crippen molar-refractivity contribution in [3.05, 3.63) is 87.9 Å². The molecule has 0 bridgehead atoms. The lowest BCUT2D eigenvalue weighted by Crippen LogP contribution is -2.51. The molecule has 3 aromatic rings. The Morgan fingerprint density at radius 2 is 1.64 bits per heavy atom. The standard InChI is InChI=1S/C28H31Cl2N3O5S/c1-5-31-28(35)20(3)32(17-21-11-13-22(38-4)14-12-21)26(34)18-33(25-8-6-7-24(29)27(25)30)39(36,37)23-15-9-19(2)10-16-23/h6-16,20H,5,17-18H2,1-4H3,(H,31,35)/t20-/m0/s1. The van der Waals surface area contributed by atoms with Gasteiger partial charge in [-0.25, -0.2) is 8.42 Å². The number of carbonyl (C=O) groups excluding carboxylic acids is 2. The maximum Gasteiger partial charge on any atom is 0.264 e. The molecule has 1 atom stereocenters. The normalized spacial score (nSPS) is 11.9. The van der Waals surface area contributed by atoms with E-state index in [1.54, 1.807) is 63.4 Å². The number of benzene rings is 3. The van der Waals surface area contributed by atoms with Gasteiger partial charge < -0.3 is 15.0 Å². The van der Waals surface area contributed by atoms with E-state index in [1.807, 2.05) is 6.92 Å². The summed E-state index contributed by atoms with van der Waals surface area (Å²) >= 11 is 12.7. The van der Waals surface area contributed by atoms with Gasteiger partial charge in [-0.05, 0) is 62.7 Å². The van der Waals surface area contributed by atoms with E-state index in [0.29, 0.717) is 12.3 Å². The quantitative estimate of drug-likeness (QED) is 0.336. The molecule has 2 amide bonds. The topological polar surface area (TPSA) is 96.0 Å². The molecule has 0 radical (unpaired) electrons. The van der Waals surface area contributed by atoms with Gasteiger partial charge in [0.2, 0.25) is 11.8 Å². The van der Waals surface area contributed by atoms with Crippen molar-refractivity contribution < 1.29 is 22.7 Å². The maximum absolute atomic E-state index is 13.9. The van der Waals surface area contributed by atoms with Gasteiger partial charge in [-0.2, -0.15) is 0 Å². The second-order valence-corrected chi connectivity index (χ2v) is 11.5. The van der Waals surface area contributed by atoms with Crippen LogP contribution >= 0.6 is 23.2 Å². The third-order valence-electron chi connectivity index (χ3n) is 6.12. The highest BCUT2D eigenvalue weighted by molar-refractivity contribution is 7.92. The van der Waals surface area contributed by atoms with Crippen LogP contribution in [0.1, 0.15) is 25.0 Å². The first-order chi connectivity index (χ1) is 18.5. The number of aryl methyl sites for hydroxylation is 1. The molecule has 0 aliphatic heterocycles. The summed E-state index contributed by atoms with van der Waals surface area (Å²) in [5.41, 5.74) is 1.65. The van der Waals surface area contributed by atoms with Crippen molar-refractivity contribution >= 4 is 50.7 Å². The van der Waals surface area contributed by atoms with E-state index in [4.69, 9.17) is 27.9 Å². The molecule has 0 saturated heterocycles. The van der Waals surface area contributed by atoms with Crippen LogP contribution in [0.5, 0.6) is 5.75 Å². The minimum Gasteiger partial charge on any atom is -0.497 e. The summed E-state index contributed by atoms with van der Waals surface area (Å²) in [7, 11) is -2.70. The third kappa shape index (κ3) is 7.23. The molecular weight excluding hydrogens is 561 g/mol. The van der Waals surface area contributed by atoms with Crippen LogP contribution in [-0.2, 0) is 26.2 Å². The molecule has 3 aromatic carbocycles. The molecular formula is C28H31Cl2N3O5S. The highest BCUT2D eigenvalue weighted by atomic mass is 35.5. The summed E-state index contributed by atoms with van der Waals surface area (Å²) in [5.74, 6) is -0.330. The van der Waals surface area contributed by atoms with Gasteiger partial charge in [-0.3, -0.25) is 13.9 Å². The van der Waals surface area contributed by atoms with Gasteiger partial charge in [0.05, 0.1) is 27.7 Å². The van der Waals surface area contributed by atoms with Crippen molar-refractivity contribution in [2.45, 2.75) is 38.3 Å². The highest BCUT2D eigenvalue weighted by Gasteiger charge is 2.33. The number of anilines is 1. The molecule has 0 heterocycles. The Hall–Kier alpha value is -3.27. The Morgan fingerprint density at radius 3 is 2.23 bits per heavy atom. The van der Waals surface area contributed by atoms with Gasteiger partial charge in [0, 0.05) is 13.1 Å². The number of likely N-dealkylation sites (N-methyl/N-ethyl adjacent to an activating group) is 1. The highest BCUT2D eigenvalue weighted by Crippen LogP contribution is 2.35. The van der Waals surface area contributed by atoms with Crippen molar-refractivity contribution in [1.29, 1.82) is 0 Å². The zero-order chi connectivity index (χ0) is 28.7. The number of carbonyl (C=O) groups is 2. The molecule has 0 unspecified atom stereocenters. The molecule has 208 valence electrons. The number of hydrogen-bond donors (Lipinski definition) is 1. The van der Waals surface area contributed by atoms with E-state index < -0.39 is 28.5 Å². The number of nitrogens with zero attached hydrogens (tertiary/aromatic N) is 2. The number of halogens is 2. The second kappa shape index (κ2) is 13.2. The van der Waals surface area contributed by atoms with E-state index >= 15 is 0 Å². The Labute approximate surface area is 239 Å². The number of ether oxygens (including phenoxy) is 1. The van der Waals surface area contributed by atoms with Gasteiger partial charge in [0.15, 0.2) is 0 Å². The smallest absolute Gasteiger partial charge is 0.264 e. The van der Waals surface area contributed by atoms with Gasteiger partial charge >= 0.3 is 0 Å². The van der Waals surface area contributed by atoms with Crippen LogP contribution in [0.25, 0.3) is 0 Å². The van der Waals surface area contributed by atoms with Crippen LogP contribution in [-0.4, -0.2) is 51.4 Å². The molecule has 0 aromatic heterocycles. The fraction of sp³-hybridized carbons (Fsp3) is 0.286. The predicted octanol–water partition coefficient (Wildman–Crippen LogP) is 5.06. The molecule has 39 heavy (non-hydrogen) atoms. The fourth-order valence-corrected chi connectivity index (χ4v) is 5.74. The first-order valence-corrected chi connectivity index (χ1v) is 14.4. The van der Waals surface area contributed by atoms with Crippen LogP contribution in [0.15, 0.2) is 71.6 Å². The molecule has 0 aliphatic rings. The van der Waals surface area contributed by atoms with E-state index in [1.165, 1.54) is 29.2 Å². The molecule has 0 aliphatic carbocycles. The molecule has 0 saturated carbocycles. The van der Waals surface area contributed by atoms with Crippen molar-refractivity contribution in [3.63, 3.8) is 0 Å². The first kappa shape index (κ1) is 30.3. The summed E-state index contributed by atoms with van der Waals surface area (Å²) in [6.45, 7) is 5.03. The van der Waals surface area contributed by atoms with E-state index in [0.717, 1.165) is 15.4 Å². The summed E-state index contributed by atoms with van der Waals surface area (Å²) in [4.78, 5) is 28.0. The van der Waals surface area contributed by atoms with Crippen LogP contribution in [0.2, 0.25) is 10.0 Å². The molecule has 8 nitrogen and oxygen atoms in total. The van der Waals surface area contributed by atoms with Crippen LogP contribution < -0.4 is 14.4 Å². The summed E-state index contributed by atoms with van der Waals surface area (Å²) < 4.78 is 33.9. The molecule has 0 spiro atoms. The monoisotopic (exact) mass is 591 g/mol. The molecule has 11 heteroatoms. The minimum atomic E-state index is -4.25. The largest absolute Gasteiger partial charge is 0.497 e. The van der Waals surface area contributed by atoms with E-state index in [2.05, 4.69) is 5.32 Å². The number of hydrogen-bond acceptors (Lipinski definition) is 5. The molecule has 1 N–H and O–H groups in total. The van der Waals surface area contributed by atoms with Crippen molar-refractivity contribution in [3.8, 4) is 5.75 Å². The van der Waals surface area contributed by atoms with Gasteiger partial charge in [0.1, 0.15) is 18.3 Å². The number of nitrogens with one attached hydrogen (secondary N) is 1. The lowest BCUT2D eigenvalue weighted by Gasteiger charge is -2.32. The molecule has 0 fully saturated rings. The summed E-state index contributed by atoms with van der Waals surface area (Å²) in [6.07, 6.45) is 0. The predicted molar refractivity (Wildman–Crippen MR) is 154 cm³/mol. The van der Waals surface area contributed by atoms with Gasteiger partial charge in [-0.1, -0.05) is 59.1 Å². The Balaban J connectivity index is 2.06. The van der Waals surface area contributed by atoms with E-state index in [9.17, 15) is 18.0 Å². The average molecular weight is 593 g/mol. The first-order valence-electron chi connectivity index (χ1n) is 12.2. The lowest BCUT2D eigenvalue weighted by atomic mass is 10.1. The number of methoxy groups -OCH3 is 1. The zero-order valence-electron chi connectivity index (χ0n) is 22.1. The fourth-order valence-electron chi connectivity index (χ4n) is 3.87. The van der Waals surface area contributed by atoms with Crippen LogP contribution in [0, 0.1) is 6.92 Å². The number of amides is 2. The van der Waals surface area contributed by atoms with Gasteiger partial charge in [0.25, 0.3) is 10.0 Å². The SMILES string of the molecule is CCNC(=O)[C@H](C)N(Cc1ccc(OC)cc1)C(=O)CN(c1cccc(Cl)c1Cl)S(=O)(=O)c1ccc(C)cc1. The lowest BCUT2D eigenvalue weighted by molar-refractivity contribution is -0.139. The Morgan fingerprint density at radius 1 is 1.00 bits per heavy atom. The van der Waals surface area contributed by atoms with Crippen molar-refractivity contribution in [2.75, 3.05) is 24.5 Å². The molecule has 3 rings (SSSR count). The maximum atomic E-state index is 13.9. The minimum absolute atomic E-state index is 0.0128.